The van der Waals surface area contributed by atoms with E-state index >= 15 is 0 Å². The molecule has 3 rings (SSSR count). The van der Waals surface area contributed by atoms with Crippen LogP contribution in [0.25, 0.3) is 0 Å². The lowest BCUT2D eigenvalue weighted by atomic mass is 10.2. The third kappa shape index (κ3) is 4.59. The maximum atomic E-state index is 12.5. The van der Waals surface area contributed by atoms with Gasteiger partial charge in [-0.3, -0.25) is 9.48 Å². The largest absolute Gasteiger partial charge is 0.455 e. The van der Waals surface area contributed by atoms with Crippen LogP contribution in [0.2, 0.25) is 0 Å². The van der Waals surface area contributed by atoms with E-state index in [2.05, 4.69) is 15.4 Å². The number of hydrogen-bond donors (Lipinski definition) is 1. The molecule has 2 aromatic heterocycles. The minimum atomic E-state index is -0.432. The van der Waals surface area contributed by atoms with Crippen molar-refractivity contribution < 1.29 is 14.3 Å². The van der Waals surface area contributed by atoms with Crippen LogP contribution >= 0.6 is 11.3 Å². The van der Waals surface area contributed by atoms with Gasteiger partial charge < -0.3 is 10.1 Å². The number of nitrogens with one attached hydrogen (secondary N) is 1. The summed E-state index contributed by atoms with van der Waals surface area (Å²) in [5.74, 6) is -0.622. The van der Waals surface area contributed by atoms with E-state index in [1.165, 1.54) is 18.3 Å². The number of nitrogens with zero attached hydrogens (tertiary/aromatic N) is 3. The Morgan fingerprint density at radius 2 is 1.96 bits per heavy atom. The second-order valence-corrected chi connectivity index (χ2v) is 6.95. The van der Waals surface area contributed by atoms with Gasteiger partial charge in [0.05, 0.1) is 23.6 Å². The van der Waals surface area contributed by atoms with E-state index in [9.17, 15) is 9.59 Å². The van der Waals surface area contributed by atoms with Crippen molar-refractivity contribution in [3.05, 3.63) is 63.9 Å². The van der Waals surface area contributed by atoms with Crippen LogP contribution in [0.5, 0.6) is 0 Å². The first-order valence-corrected chi connectivity index (χ1v) is 9.29. The Hall–Kier alpha value is -3.00. The highest BCUT2D eigenvalue weighted by atomic mass is 32.1. The fourth-order valence-electron chi connectivity index (χ4n) is 2.70. The maximum absolute atomic E-state index is 12.5. The average molecular weight is 384 g/mol. The van der Waals surface area contributed by atoms with Crippen LogP contribution in [0.4, 0.5) is 5.13 Å². The summed E-state index contributed by atoms with van der Waals surface area (Å²) in [5, 5.41) is 9.31. The topological polar surface area (TPSA) is 86.1 Å². The van der Waals surface area contributed by atoms with Gasteiger partial charge in [0, 0.05) is 12.3 Å². The zero-order valence-corrected chi connectivity index (χ0v) is 16.2. The first-order chi connectivity index (χ1) is 12.9. The second-order valence-electron chi connectivity index (χ2n) is 6.09. The number of thiazole rings is 1. The number of carbonyl (C=O) groups is 2. The van der Waals surface area contributed by atoms with E-state index in [4.69, 9.17) is 4.74 Å². The summed E-state index contributed by atoms with van der Waals surface area (Å²) in [6.07, 6.45) is 0. The summed E-state index contributed by atoms with van der Waals surface area (Å²) in [7, 11) is 0. The Morgan fingerprint density at radius 1 is 1.22 bits per heavy atom. The molecule has 0 saturated carbocycles. The summed E-state index contributed by atoms with van der Waals surface area (Å²) in [6.45, 7) is 5.70. The summed E-state index contributed by atoms with van der Waals surface area (Å²) in [6, 6.07) is 9.94. The van der Waals surface area contributed by atoms with Crippen LogP contribution < -0.4 is 5.32 Å². The molecular weight excluding hydrogens is 364 g/mol. The van der Waals surface area contributed by atoms with E-state index in [1.54, 1.807) is 17.0 Å². The SMILES string of the molecule is CC(=O)Nc1nc(COC(=O)c2c(C)nn(Cc3ccccc3)c2C)cs1. The first-order valence-electron chi connectivity index (χ1n) is 8.41. The Labute approximate surface area is 161 Å². The van der Waals surface area contributed by atoms with Crippen molar-refractivity contribution in [3.63, 3.8) is 0 Å². The Kier molecular flexibility index (Phi) is 5.66. The monoisotopic (exact) mass is 384 g/mol. The molecule has 0 spiro atoms. The minimum Gasteiger partial charge on any atom is -0.455 e. The van der Waals surface area contributed by atoms with Crippen molar-refractivity contribution in [1.82, 2.24) is 14.8 Å². The molecule has 0 fully saturated rings. The number of aromatic nitrogens is 3. The summed E-state index contributed by atoms with van der Waals surface area (Å²) in [5.41, 5.74) is 3.56. The highest BCUT2D eigenvalue weighted by molar-refractivity contribution is 7.13. The molecule has 0 aliphatic carbocycles. The van der Waals surface area contributed by atoms with Gasteiger partial charge in [-0.1, -0.05) is 30.3 Å². The number of esters is 1. The van der Waals surface area contributed by atoms with E-state index < -0.39 is 5.97 Å². The molecule has 140 valence electrons. The quantitative estimate of drug-likeness (QED) is 0.659. The second kappa shape index (κ2) is 8.13. The lowest BCUT2D eigenvalue weighted by Crippen LogP contribution is -2.09. The number of benzene rings is 1. The van der Waals surface area contributed by atoms with Crippen molar-refractivity contribution in [2.24, 2.45) is 0 Å². The molecule has 1 amide bonds. The fourth-order valence-corrected chi connectivity index (χ4v) is 3.44. The number of amides is 1. The number of hydrogen-bond acceptors (Lipinski definition) is 6. The van der Waals surface area contributed by atoms with Gasteiger partial charge in [-0.2, -0.15) is 5.10 Å². The average Bonchev–Trinajstić information content (AvgIpc) is 3.17. The van der Waals surface area contributed by atoms with Gasteiger partial charge >= 0.3 is 5.97 Å². The summed E-state index contributed by atoms with van der Waals surface area (Å²) >= 11 is 1.29. The van der Waals surface area contributed by atoms with Crippen LogP contribution in [-0.2, 0) is 22.7 Å². The fraction of sp³-hybridized carbons (Fsp3) is 0.263. The Morgan fingerprint density at radius 3 is 2.67 bits per heavy atom. The molecule has 2 heterocycles. The van der Waals surface area contributed by atoms with Gasteiger partial charge in [0.25, 0.3) is 0 Å². The van der Waals surface area contributed by atoms with E-state index in [1.807, 2.05) is 37.3 Å². The van der Waals surface area contributed by atoms with Gasteiger partial charge in [-0.15, -0.1) is 11.3 Å². The molecule has 0 atom stereocenters. The highest BCUT2D eigenvalue weighted by Crippen LogP contribution is 2.19. The lowest BCUT2D eigenvalue weighted by Gasteiger charge is -2.06. The van der Waals surface area contributed by atoms with Crippen LogP contribution in [0.15, 0.2) is 35.7 Å². The molecule has 0 radical (unpaired) electrons. The van der Waals surface area contributed by atoms with Crippen LogP contribution in [0, 0.1) is 13.8 Å². The zero-order chi connectivity index (χ0) is 19.4. The van der Waals surface area contributed by atoms with E-state index in [0.29, 0.717) is 28.6 Å². The van der Waals surface area contributed by atoms with Crippen molar-refractivity contribution in [3.8, 4) is 0 Å². The summed E-state index contributed by atoms with van der Waals surface area (Å²) in [4.78, 5) is 27.8. The third-order valence-corrected chi connectivity index (χ3v) is 4.75. The molecule has 0 unspecified atom stereocenters. The zero-order valence-electron chi connectivity index (χ0n) is 15.4. The standard InChI is InChI=1S/C19H20N4O3S/c1-12-17(13(2)23(22-12)9-15-7-5-4-6-8-15)18(25)26-10-16-11-27-19(21-16)20-14(3)24/h4-8,11H,9-10H2,1-3H3,(H,20,21,24). The van der Waals surface area contributed by atoms with Crippen molar-refractivity contribution >= 4 is 28.3 Å². The molecule has 0 bridgehead atoms. The third-order valence-electron chi connectivity index (χ3n) is 3.95. The number of ether oxygens (including phenoxy) is 1. The molecule has 8 heteroatoms. The molecule has 1 N–H and O–H groups in total. The number of rotatable bonds is 6. The molecule has 0 aliphatic heterocycles. The molecule has 3 aromatic rings. The molecule has 27 heavy (non-hydrogen) atoms. The predicted octanol–water partition coefficient (Wildman–Crippen LogP) is 3.32. The number of anilines is 1. The molecule has 1 aromatic carbocycles. The first kappa shape index (κ1) is 18.8. The maximum Gasteiger partial charge on any atom is 0.342 e. The normalized spacial score (nSPS) is 10.6. The molecule has 0 aliphatic rings. The van der Waals surface area contributed by atoms with E-state index in [0.717, 1.165) is 11.3 Å². The lowest BCUT2D eigenvalue weighted by molar-refractivity contribution is -0.114. The Balaban J connectivity index is 1.68. The van der Waals surface area contributed by atoms with Crippen molar-refractivity contribution in [2.45, 2.75) is 33.9 Å². The van der Waals surface area contributed by atoms with Gasteiger partial charge in [0.2, 0.25) is 5.91 Å². The Bertz CT molecular complexity index is 963. The minimum absolute atomic E-state index is 0.0393. The molecule has 7 nitrogen and oxygen atoms in total. The van der Waals surface area contributed by atoms with Crippen LogP contribution in [0.1, 0.15) is 39.9 Å². The number of aryl methyl sites for hydroxylation is 1. The smallest absolute Gasteiger partial charge is 0.342 e. The highest BCUT2D eigenvalue weighted by Gasteiger charge is 2.20. The van der Waals surface area contributed by atoms with Crippen molar-refractivity contribution in [2.75, 3.05) is 5.32 Å². The van der Waals surface area contributed by atoms with Crippen LogP contribution in [-0.4, -0.2) is 26.6 Å². The predicted molar refractivity (Wildman–Crippen MR) is 103 cm³/mol. The van der Waals surface area contributed by atoms with Gasteiger partial charge in [-0.05, 0) is 19.4 Å². The van der Waals surface area contributed by atoms with Gasteiger partial charge in [-0.25, -0.2) is 9.78 Å². The van der Waals surface area contributed by atoms with Gasteiger partial charge in [0.1, 0.15) is 12.2 Å². The van der Waals surface area contributed by atoms with E-state index in [-0.39, 0.29) is 12.5 Å². The van der Waals surface area contributed by atoms with Gasteiger partial charge in [0.15, 0.2) is 5.13 Å². The van der Waals surface area contributed by atoms with Crippen LogP contribution in [0.3, 0.4) is 0 Å². The van der Waals surface area contributed by atoms with Crippen molar-refractivity contribution in [1.29, 1.82) is 0 Å². The number of carbonyl (C=O) groups excluding carboxylic acids is 2. The molecule has 0 saturated heterocycles. The molecular formula is C19H20N4O3S. The summed E-state index contributed by atoms with van der Waals surface area (Å²) < 4.78 is 7.20.